The van der Waals surface area contributed by atoms with E-state index in [1.807, 2.05) is 13.8 Å². The monoisotopic (exact) mass is 351 g/mol. The average molecular weight is 351 g/mol. The second-order valence-electron chi connectivity index (χ2n) is 5.53. The predicted octanol–water partition coefficient (Wildman–Crippen LogP) is 4.88. The van der Waals surface area contributed by atoms with E-state index in [1.54, 1.807) is 6.92 Å². The van der Waals surface area contributed by atoms with Crippen LogP contribution in [-0.2, 0) is 6.18 Å². The van der Waals surface area contributed by atoms with Gasteiger partial charge in [0.15, 0.2) is 0 Å². The zero-order valence-electron chi connectivity index (χ0n) is 13.5. The minimum Gasteiger partial charge on any atom is -0.192 e. The Hall–Kier alpha value is -2.07. The van der Waals surface area contributed by atoms with Gasteiger partial charge in [-0.3, -0.25) is 0 Å². The van der Waals surface area contributed by atoms with E-state index < -0.39 is 11.7 Å². The largest absolute Gasteiger partial charge is 0.416 e. The van der Waals surface area contributed by atoms with Gasteiger partial charge in [0.2, 0.25) is 0 Å². The second-order valence-corrected chi connectivity index (χ2v) is 6.54. The van der Waals surface area contributed by atoms with Crippen molar-refractivity contribution in [2.24, 2.45) is 0 Å². The van der Waals surface area contributed by atoms with Crippen LogP contribution in [0.1, 0.15) is 40.8 Å². The molecular formula is C17H16F3N3S. The molecule has 0 aliphatic heterocycles. The Balaban J connectivity index is 2.10. The molecule has 0 N–H and O–H groups in total. The lowest BCUT2D eigenvalue weighted by Crippen LogP contribution is -2.06. The smallest absolute Gasteiger partial charge is 0.192 e. The lowest BCUT2D eigenvalue weighted by Gasteiger charge is -2.14. The SMILES string of the molecule is Cc1nnc(SC[C@H](C)c2ccc(C(F)(F)F)cc2)c(C#N)c1C. The Labute approximate surface area is 142 Å². The van der Waals surface area contributed by atoms with Gasteiger partial charge in [0.1, 0.15) is 11.1 Å². The number of benzene rings is 1. The normalized spacial score (nSPS) is 12.7. The van der Waals surface area contributed by atoms with Crippen LogP contribution in [0.15, 0.2) is 29.3 Å². The quantitative estimate of drug-likeness (QED) is 0.737. The third-order valence-corrected chi connectivity index (χ3v) is 5.04. The minimum atomic E-state index is -4.33. The number of thioether (sulfide) groups is 1. The van der Waals surface area contributed by atoms with Gasteiger partial charge in [0.05, 0.1) is 16.8 Å². The summed E-state index contributed by atoms with van der Waals surface area (Å²) in [6.45, 7) is 5.55. The number of aromatic nitrogens is 2. The number of nitrogens with zero attached hydrogens (tertiary/aromatic N) is 3. The lowest BCUT2D eigenvalue weighted by molar-refractivity contribution is -0.137. The van der Waals surface area contributed by atoms with Crippen LogP contribution in [-0.4, -0.2) is 16.0 Å². The van der Waals surface area contributed by atoms with Gasteiger partial charge in [-0.15, -0.1) is 16.9 Å². The zero-order chi connectivity index (χ0) is 17.9. The van der Waals surface area contributed by atoms with Crippen LogP contribution < -0.4 is 0 Å². The Bertz CT molecular complexity index is 764. The number of alkyl halides is 3. The van der Waals surface area contributed by atoms with Crippen LogP contribution in [0.25, 0.3) is 0 Å². The molecule has 0 saturated carbocycles. The summed E-state index contributed by atoms with van der Waals surface area (Å²) in [6.07, 6.45) is -4.33. The van der Waals surface area contributed by atoms with E-state index in [-0.39, 0.29) is 5.92 Å². The molecule has 2 rings (SSSR count). The van der Waals surface area contributed by atoms with E-state index in [9.17, 15) is 18.4 Å². The first-order valence-corrected chi connectivity index (χ1v) is 8.26. The summed E-state index contributed by atoms with van der Waals surface area (Å²) in [7, 11) is 0. The van der Waals surface area contributed by atoms with Crippen molar-refractivity contribution in [1.29, 1.82) is 5.26 Å². The summed E-state index contributed by atoms with van der Waals surface area (Å²) in [5.74, 6) is 0.615. The van der Waals surface area contributed by atoms with Crippen molar-refractivity contribution in [2.45, 2.75) is 37.9 Å². The van der Waals surface area contributed by atoms with E-state index in [4.69, 9.17) is 0 Å². The van der Waals surface area contributed by atoms with Gasteiger partial charge in [-0.1, -0.05) is 19.1 Å². The Kier molecular flexibility index (Phi) is 5.50. The molecule has 126 valence electrons. The van der Waals surface area contributed by atoms with Crippen molar-refractivity contribution in [3.63, 3.8) is 0 Å². The zero-order valence-corrected chi connectivity index (χ0v) is 14.3. The van der Waals surface area contributed by atoms with E-state index in [0.29, 0.717) is 22.0 Å². The fourth-order valence-electron chi connectivity index (χ4n) is 2.12. The molecule has 0 aliphatic carbocycles. The lowest BCUT2D eigenvalue weighted by atomic mass is 10.0. The van der Waals surface area contributed by atoms with Gasteiger partial charge in [-0.2, -0.15) is 23.5 Å². The molecule has 0 fully saturated rings. The summed E-state index contributed by atoms with van der Waals surface area (Å²) < 4.78 is 37.8. The third-order valence-electron chi connectivity index (χ3n) is 3.81. The maximum Gasteiger partial charge on any atom is 0.416 e. The molecule has 0 spiro atoms. The van der Waals surface area contributed by atoms with Crippen LogP contribution in [0, 0.1) is 25.2 Å². The number of rotatable bonds is 4. The highest BCUT2D eigenvalue weighted by molar-refractivity contribution is 7.99. The van der Waals surface area contributed by atoms with E-state index in [0.717, 1.165) is 23.3 Å². The first kappa shape index (κ1) is 18.3. The van der Waals surface area contributed by atoms with Crippen molar-refractivity contribution >= 4 is 11.8 Å². The van der Waals surface area contributed by atoms with Crippen LogP contribution in [0.3, 0.4) is 0 Å². The number of hydrogen-bond acceptors (Lipinski definition) is 4. The van der Waals surface area contributed by atoms with Crippen molar-refractivity contribution in [2.75, 3.05) is 5.75 Å². The fraction of sp³-hybridized carbons (Fsp3) is 0.353. The summed E-state index contributed by atoms with van der Waals surface area (Å²) in [5.41, 5.74) is 2.18. The molecule has 0 radical (unpaired) electrons. The number of nitriles is 1. The molecule has 0 bridgehead atoms. The summed E-state index contributed by atoms with van der Waals surface area (Å²) >= 11 is 1.39. The molecular weight excluding hydrogens is 335 g/mol. The summed E-state index contributed by atoms with van der Waals surface area (Å²) in [4.78, 5) is 0. The highest BCUT2D eigenvalue weighted by atomic mass is 32.2. The molecule has 24 heavy (non-hydrogen) atoms. The standard InChI is InChI=1S/C17H16F3N3S/c1-10(13-4-6-14(7-5-13)17(18,19)20)9-24-16-15(8-21)11(2)12(3)22-23-16/h4-7,10H,9H2,1-3H3/t10-/m0/s1. The van der Waals surface area contributed by atoms with E-state index in [2.05, 4.69) is 16.3 Å². The minimum absolute atomic E-state index is 0.0206. The number of halogens is 3. The Morgan fingerprint density at radius 1 is 1.17 bits per heavy atom. The van der Waals surface area contributed by atoms with Gasteiger partial charge in [0, 0.05) is 5.75 Å². The predicted molar refractivity (Wildman–Crippen MR) is 86.8 cm³/mol. The second kappa shape index (κ2) is 7.22. The maximum absolute atomic E-state index is 12.6. The van der Waals surface area contributed by atoms with Gasteiger partial charge in [0.25, 0.3) is 0 Å². The molecule has 3 nitrogen and oxygen atoms in total. The first-order valence-electron chi connectivity index (χ1n) is 7.28. The Morgan fingerprint density at radius 2 is 1.79 bits per heavy atom. The molecule has 0 aliphatic rings. The topological polar surface area (TPSA) is 49.6 Å². The van der Waals surface area contributed by atoms with Crippen molar-refractivity contribution in [3.8, 4) is 6.07 Å². The summed E-state index contributed by atoms with van der Waals surface area (Å²) in [5, 5.41) is 17.9. The average Bonchev–Trinajstić information content (AvgIpc) is 2.55. The molecule has 0 unspecified atom stereocenters. The van der Waals surface area contributed by atoms with Crippen LogP contribution in [0.5, 0.6) is 0 Å². The van der Waals surface area contributed by atoms with Gasteiger partial charge < -0.3 is 0 Å². The van der Waals surface area contributed by atoms with Crippen molar-refractivity contribution < 1.29 is 13.2 Å². The molecule has 0 saturated heterocycles. The summed E-state index contributed by atoms with van der Waals surface area (Å²) in [6, 6.07) is 7.31. The van der Waals surface area contributed by atoms with Crippen molar-refractivity contribution in [1.82, 2.24) is 10.2 Å². The van der Waals surface area contributed by atoms with E-state index in [1.165, 1.54) is 23.9 Å². The third kappa shape index (κ3) is 4.06. The maximum atomic E-state index is 12.6. The Morgan fingerprint density at radius 3 is 2.33 bits per heavy atom. The van der Waals surface area contributed by atoms with Crippen LogP contribution >= 0.6 is 11.8 Å². The van der Waals surface area contributed by atoms with Crippen molar-refractivity contribution in [3.05, 3.63) is 52.2 Å². The van der Waals surface area contributed by atoms with Gasteiger partial charge in [-0.05, 0) is 43.0 Å². The first-order chi connectivity index (χ1) is 11.2. The number of hydrogen-bond donors (Lipinski definition) is 0. The van der Waals surface area contributed by atoms with Crippen LogP contribution in [0.2, 0.25) is 0 Å². The molecule has 1 aromatic heterocycles. The number of aryl methyl sites for hydroxylation is 1. The molecule has 2 aromatic rings. The van der Waals surface area contributed by atoms with Gasteiger partial charge >= 0.3 is 6.18 Å². The molecule has 7 heteroatoms. The van der Waals surface area contributed by atoms with E-state index >= 15 is 0 Å². The highest BCUT2D eigenvalue weighted by Gasteiger charge is 2.30. The molecule has 1 aromatic carbocycles. The fourth-order valence-corrected chi connectivity index (χ4v) is 3.16. The van der Waals surface area contributed by atoms with Gasteiger partial charge in [-0.25, -0.2) is 0 Å². The molecule has 0 amide bonds. The van der Waals surface area contributed by atoms with Crippen LogP contribution in [0.4, 0.5) is 13.2 Å². The molecule has 1 atom stereocenters. The highest BCUT2D eigenvalue weighted by Crippen LogP contribution is 2.32. The molecule has 1 heterocycles.